The second-order valence-corrected chi connectivity index (χ2v) is 8.48. The first-order chi connectivity index (χ1) is 13.2. The molecule has 2 rings (SSSR count). The molecule has 1 aromatic rings. The molecule has 1 saturated heterocycles. The number of nitrogens with one attached hydrogen (secondary N) is 2. The Morgan fingerprint density at radius 1 is 1.36 bits per heavy atom. The van der Waals surface area contributed by atoms with E-state index in [9.17, 15) is 27.6 Å². The third-order valence-corrected chi connectivity index (χ3v) is 6.48. The van der Waals surface area contributed by atoms with E-state index in [1.807, 2.05) is 0 Å². The Bertz CT molecular complexity index is 910. The minimum atomic E-state index is -4.57. The minimum absolute atomic E-state index is 0.0322. The number of hydrogen-bond acceptors (Lipinski definition) is 7. The number of nitrogens with zero attached hydrogens (tertiary/aromatic N) is 1. The third-order valence-electron chi connectivity index (χ3n) is 4.63. The number of pyridine rings is 1. The summed E-state index contributed by atoms with van der Waals surface area (Å²) in [5.74, 6) is -2.56. The van der Waals surface area contributed by atoms with E-state index in [2.05, 4.69) is 10.3 Å². The molecule has 4 N–H and O–H groups in total. The fourth-order valence-electron chi connectivity index (χ4n) is 2.94. The molecule has 10 nitrogen and oxygen atoms in total. The molecular formula is C17H24N4O6S. The zero-order chi connectivity index (χ0) is 20.9. The van der Waals surface area contributed by atoms with Crippen molar-refractivity contribution in [3.8, 4) is 0 Å². The molecule has 2 atom stereocenters. The van der Waals surface area contributed by atoms with Crippen LogP contribution in [0.5, 0.6) is 0 Å². The minimum Gasteiger partial charge on any atom is -0.369 e. The predicted octanol–water partition coefficient (Wildman–Crippen LogP) is -0.885. The number of H-pyrrole nitrogens is 1. The van der Waals surface area contributed by atoms with Gasteiger partial charge < -0.3 is 16.0 Å². The van der Waals surface area contributed by atoms with E-state index in [0.717, 1.165) is 6.07 Å². The number of aromatic amines is 1. The van der Waals surface area contributed by atoms with Gasteiger partial charge in [-0.1, -0.05) is 6.92 Å². The summed E-state index contributed by atoms with van der Waals surface area (Å²) in [6, 6.07) is 1.19. The zero-order valence-corrected chi connectivity index (χ0v) is 16.3. The van der Waals surface area contributed by atoms with Crippen LogP contribution in [0.3, 0.4) is 0 Å². The fraction of sp³-hybridized carbons (Fsp3) is 0.529. The van der Waals surface area contributed by atoms with Crippen LogP contribution in [-0.4, -0.2) is 54.4 Å². The molecule has 1 fully saturated rings. The molecule has 0 saturated carbocycles. The lowest BCUT2D eigenvalue weighted by Crippen LogP contribution is -2.50. The highest BCUT2D eigenvalue weighted by Crippen LogP contribution is 2.22. The second-order valence-electron chi connectivity index (χ2n) is 6.70. The summed E-state index contributed by atoms with van der Waals surface area (Å²) in [7, 11) is -4.57. The first kappa shape index (κ1) is 21.8. The number of amides is 2. The Balaban J connectivity index is 2.45. The Kier molecular flexibility index (Phi) is 7.08. The summed E-state index contributed by atoms with van der Waals surface area (Å²) in [5, 5.41) is 2.88. The van der Waals surface area contributed by atoms with E-state index in [0.29, 0.717) is 17.3 Å². The van der Waals surface area contributed by atoms with E-state index in [1.54, 1.807) is 0 Å². The van der Waals surface area contributed by atoms with Crippen LogP contribution in [0, 0.1) is 5.92 Å². The molecule has 1 unspecified atom stereocenters. The van der Waals surface area contributed by atoms with Gasteiger partial charge in [-0.2, -0.15) is 0 Å². The smallest absolute Gasteiger partial charge is 0.272 e. The zero-order valence-electron chi connectivity index (χ0n) is 15.5. The predicted molar refractivity (Wildman–Crippen MR) is 99.6 cm³/mol. The van der Waals surface area contributed by atoms with E-state index >= 15 is 0 Å². The maximum Gasteiger partial charge on any atom is 0.272 e. The molecule has 0 spiro atoms. The largest absolute Gasteiger partial charge is 0.369 e. The standard InChI is InChI=1S/C17H24N4O6S/c1-11(16(18)24)6-7-15(23)21(12-4-2-8-19-10-13(12)22)28(26,27)14-5-3-9-20-17(14)25/h3,5,9,11-12,19H,2,4,6-8,10H2,1H3,(H2,18,24)(H,20,25)/t11?,12-/m0/s1. The van der Waals surface area contributed by atoms with Crippen LogP contribution in [0.25, 0.3) is 0 Å². The van der Waals surface area contributed by atoms with Crippen molar-refractivity contribution in [2.75, 3.05) is 13.1 Å². The highest BCUT2D eigenvalue weighted by molar-refractivity contribution is 7.89. The van der Waals surface area contributed by atoms with Crippen LogP contribution in [0.4, 0.5) is 0 Å². The van der Waals surface area contributed by atoms with Crippen molar-refractivity contribution >= 4 is 27.6 Å². The Morgan fingerprint density at radius 2 is 2.07 bits per heavy atom. The van der Waals surface area contributed by atoms with E-state index in [1.165, 1.54) is 19.2 Å². The van der Waals surface area contributed by atoms with Gasteiger partial charge in [-0.05, 0) is 37.9 Å². The number of nitrogens with two attached hydrogens (primary N) is 1. The summed E-state index contributed by atoms with van der Waals surface area (Å²) < 4.78 is 26.8. The van der Waals surface area contributed by atoms with Crippen molar-refractivity contribution in [1.29, 1.82) is 0 Å². The topological polar surface area (TPSA) is 160 Å². The number of sulfonamides is 1. The van der Waals surface area contributed by atoms with Crippen molar-refractivity contribution < 1.29 is 22.8 Å². The summed E-state index contributed by atoms with van der Waals surface area (Å²) in [6.07, 6.45) is 1.63. The summed E-state index contributed by atoms with van der Waals surface area (Å²) in [6.45, 7) is 1.96. The number of primary amides is 1. The van der Waals surface area contributed by atoms with E-state index in [4.69, 9.17) is 5.73 Å². The fourth-order valence-corrected chi connectivity index (χ4v) is 4.61. The van der Waals surface area contributed by atoms with Gasteiger partial charge in [-0.3, -0.25) is 19.2 Å². The number of aromatic nitrogens is 1. The van der Waals surface area contributed by atoms with Crippen LogP contribution in [0.1, 0.15) is 32.6 Å². The average molecular weight is 412 g/mol. The molecule has 0 aromatic carbocycles. The first-order valence-corrected chi connectivity index (χ1v) is 10.4. The van der Waals surface area contributed by atoms with Crippen molar-refractivity contribution in [2.45, 2.75) is 43.5 Å². The van der Waals surface area contributed by atoms with Crippen LogP contribution >= 0.6 is 0 Å². The number of rotatable bonds is 7. The molecule has 0 radical (unpaired) electrons. The Labute approximate surface area is 162 Å². The van der Waals surface area contributed by atoms with E-state index in [-0.39, 0.29) is 25.8 Å². The summed E-state index contributed by atoms with van der Waals surface area (Å²) >= 11 is 0. The first-order valence-electron chi connectivity index (χ1n) is 8.94. The van der Waals surface area contributed by atoms with Crippen LogP contribution < -0.4 is 16.6 Å². The number of hydrogen-bond donors (Lipinski definition) is 3. The van der Waals surface area contributed by atoms with E-state index < -0.39 is 50.0 Å². The molecule has 2 amide bonds. The number of ketones is 1. The number of Topliss-reactive ketones (excluding diaryl/α,β-unsaturated/α-hetero) is 1. The molecule has 28 heavy (non-hydrogen) atoms. The van der Waals surface area contributed by atoms with Gasteiger partial charge in [0.05, 0.1) is 6.54 Å². The highest BCUT2D eigenvalue weighted by Gasteiger charge is 2.40. The average Bonchev–Trinajstić information content (AvgIpc) is 2.84. The van der Waals surface area contributed by atoms with Gasteiger partial charge in [0, 0.05) is 18.5 Å². The lowest BCUT2D eigenvalue weighted by molar-refractivity contribution is -0.134. The van der Waals surface area contributed by atoms with Crippen molar-refractivity contribution in [3.63, 3.8) is 0 Å². The number of carbonyl (C=O) groups is 3. The van der Waals surface area contributed by atoms with Gasteiger partial charge in [0.2, 0.25) is 11.8 Å². The van der Waals surface area contributed by atoms with Crippen LogP contribution in [0.2, 0.25) is 0 Å². The SMILES string of the molecule is CC(CCC(=O)N([C@H]1CCCNCC1=O)S(=O)(=O)c1ccc[nH]c1=O)C(N)=O. The normalized spacial score (nSPS) is 18.9. The lowest BCUT2D eigenvalue weighted by Gasteiger charge is -2.29. The molecular weight excluding hydrogens is 388 g/mol. The van der Waals surface area contributed by atoms with Gasteiger partial charge >= 0.3 is 0 Å². The van der Waals surface area contributed by atoms with Crippen LogP contribution in [0.15, 0.2) is 28.0 Å². The summed E-state index contributed by atoms with van der Waals surface area (Å²) in [4.78, 5) is 50.3. The Hall–Kier alpha value is -2.53. The quantitative estimate of drug-likeness (QED) is 0.524. The second kappa shape index (κ2) is 9.11. The molecule has 154 valence electrons. The van der Waals surface area contributed by atoms with Gasteiger partial charge in [-0.15, -0.1) is 0 Å². The highest BCUT2D eigenvalue weighted by atomic mass is 32.2. The molecule has 1 aromatic heterocycles. The third kappa shape index (κ3) is 4.84. The molecule has 11 heteroatoms. The monoisotopic (exact) mass is 412 g/mol. The molecule has 1 aliphatic heterocycles. The van der Waals surface area contributed by atoms with Crippen molar-refractivity contribution in [1.82, 2.24) is 14.6 Å². The van der Waals surface area contributed by atoms with Crippen LogP contribution in [-0.2, 0) is 24.4 Å². The molecule has 1 aliphatic rings. The molecule has 0 bridgehead atoms. The Morgan fingerprint density at radius 3 is 2.71 bits per heavy atom. The maximum atomic E-state index is 13.2. The maximum absolute atomic E-state index is 13.2. The molecule has 2 heterocycles. The van der Waals surface area contributed by atoms with Gasteiger partial charge in [0.15, 0.2) is 10.7 Å². The van der Waals surface area contributed by atoms with Gasteiger partial charge in [-0.25, -0.2) is 12.7 Å². The van der Waals surface area contributed by atoms with Gasteiger partial charge in [0.1, 0.15) is 6.04 Å². The summed E-state index contributed by atoms with van der Waals surface area (Å²) in [5.41, 5.74) is 4.31. The number of carbonyl (C=O) groups excluding carboxylic acids is 3. The van der Waals surface area contributed by atoms with Crippen molar-refractivity contribution in [3.05, 3.63) is 28.7 Å². The lowest BCUT2D eigenvalue weighted by atomic mass is 10.0. The van der Waals surface area contributed by atoms with Crippen molar-refractivity contribution in [2.24, 2.45) is 11.7 Å². The molecule has 0 aliphatic carbocycles. The van der Waals surface area contributed by atoms with Gasteiger partial charge in [0.25, 0.3) is 15.6 Å².